The predicted octanol–water partition coefficient (Wildman–Crippen LogP) is 8.78. The smallest absolute Gasteiger partial charge is 0.410 e. The van der Waals surface area contributed by atoms with Crippen LogP contribution in [0.5, 0.6) is 5.75 Å². The molecule has 0 spiro atoms. The Morgan fingerprint density at radius 3 is 2.32 bits per heavy atom. The van der Waals surface area contributed by atoms with E-state index in [1.807, 2.05) is 17.0 Å². The van der Waals surface area contributed by atoms with Crippen LogP contribution in [-0.4, -0.2) is 72.4 Å². The van der Waals surface area contributed by atoms with Gasteiger partial charge in [0.15, 0.2) is 5.89 Å². The van der Waals surface area contributed by atoms with Gasteiger partial charge in [-0.05, 0) is 118 Å². The number of oxazole rings is 1. The Labute approximate surface area is 315 Å². The molecular weight excluding hydrogens is 668 g/mol. The van der Waals surface area contributed by atoms with Crippen molar-refractivity contribution in [3.05, 3.63) is 59.8 Å². The summed E-state index contributed by atoms with van der Waals surface area (Å²) in [6.45, 7) is 13.0. The summed E-state index contributed by atoms with van der Waals surface area (Å²) in [6.07, 6.45) is 13.4. The van der Waals surface area contributed by atoms with Gasteiger partial charge >= 0.3 is 6.09 Å². The Bertz CT molecular complexity index is 1740. The maximum absolute atomic E-state index is 14.7. The van der Waals surface area contributed by atoms with E-state index in [9.17, 15) is 9.59 Å². The van der Waals surface area contributed by atoms with Gasteiger partial charge in [0.05, 0.1) is 26.3 Å². The molecule has 286 valence electrons. The number of pyridine rings is 1. The van der Waals surface area contributed by atoms with Gasteiger partial charge in [-0.25, -0.2) is 14.8 Å². The standard InChI is InChI=1S/C43H58N4O6/c1-7-22-51-34-25-46(26-34)40(49)53-33-11-8-30(9-12-33)38(48)47(37-24-31(14-21-44-37)35-27-52-39(45-35)41(3,4)5)28-42-15-18-43(19-16-42,20-17-42)32-10-13-36(50-6)29(2)23-32/h10,13-14,21,23-24,27,30,33-34H,7-9,11-12,15-20,22,25-26,28H2,1-6H3. The van der Waals surface area contributed by atoms with Crippen molar-refractivity contribution in [3.63, 3.8) is 0 Å². The Morgan fingerprint density at radius 1 is 0.981 bits per heavy atom. The number of benzene rings is 1. The molecule has 4 aliphatic carbocycles. The molecule has 10 heteroatoms. The zero-order valence-electron chi connectivity index (χ0n) is 32.6. The van der Waals surface area contributed by atoms with Crippen molar-refractivity contribution < 1.29 is 28.2 Å². The number of aryl methyl sites for hydroxylation is 1. The number of hydrogen-bond donors (Lipinski definition) is 0. The summed E-state index contributed by atoms with van der Waals surface area (Å²) >= 11 is 0. The average Bonchev–Trinajstić information content (AvgIpc) is 3.66. The van der Waals surface area contributed by atoms with Crippen molar-refractivity contribution in [2.24, 2.45) is 11.3 Å². The molecule has 0 N–H and O–H groups in total. The fourth-order valence-electron chi connectivity index (χ4n) is 9.07. The summed E-state index contributed by atoms with van der Waals surface area (Å²) in [5.74, 6) is 2.24. The molecule has 1 saturated heterocycles. The minimum Gasteiger partial charge on any atom is -0.496 e. The monoisotopic (exact) mass is 726 g/mol. The molecule has 8 rings (SSSR count). The molecule has 2 aromatic heterocycles. The molecule has 5 fully saturated rings. The number of methoxy groups -OCH3 is 1. The topological polar surface area (TPSA) is 107 Å². The summed E-state index contributed by atoms with van der Waals surface area (Å²) in [4.78, 5) is 40.9. The van der Waals surface area contributed by atoms with E-state index in [1.54, 1.807) is 24.5 Å². The maximum atomic E-state index is 14.7. The zero-order valence-corrected chi connectivity index (χ0v) is 32.6. The number of carbonyl (C=O) groups excluding carboxylic acids is 2. The van der Waals surface area contributed by atoms with Crippen molar-refractivity contribution in [2.45, 2.75) is 128 Å². The molecule has 2 amide bonds. The fourth-order valence-corrected chi connectivity index (χ4v) is 9.07. The number of carbonyl (C=O) groups is 2. The predicted molar refractivity (Wildman–Crippen MR) is 204 cm³/mol. The van der Waals surface area contributed by atoms with E-state index in [0.717, 1.165) is 62.0 Å². The zero-order chi connectivity index (χ0) is 37.4. The summed E-state index contributed by atoms with van der Waals surface area (Å²) in [6, 6.07) is 10.7. The number of amides is 2. The van der Waals surface area contributed by atoms with Crippen LogP contribution in [0.1, 0.15) is 115 Å². The maximum Gasteiger partial charge on any atom is 0.410 e. The SMILES string of the molecule is CCCOC1CN(C(=O)OC2CCC(C(=O)N(CC34CCC(c5ccc(OC)c(C)c5)(CC3)CC4)c3cc(-c4coc(C(C)(C)C)n4)ccn3)CC2)C1. The lowest BCUT2D eigenvalue weighted by molar-refractivity contribution is -0.125. The third-order valence-corrected chi connectivity index (χ3v) is 12.6. The van der Waals surface area contributed by atoms with Gasteiger partial charge in [-0.3, -0.25) is 9.69 Å². The lowest BCUT2D eigenvalue weighted by Crippen LogP contribution is -2.55. The molecule has 0 unspecified atom stereocenters. The first-order chi connectivity index (χ1) is 25.4. The summed E-state index contributed by atoms with van der Waals surface area (Å²) in [5.41, 5.74) is 4.23. The van der Waals surface area contributed by atoms with Crippen LogP contribution in [0.25, 0.3) is 11.3 Å². The lowest BCUT2D eigenvalue weighted by Gasteiger charge is -2.55. The van der Waals surface area contributed by atoms with Crippen LogP contribution in [0.2, 0.25) is 0 Å². The van der Waals surface area contributed by atoms with E-state index < -0.39 is 0 Å². The molecule has 4 saturated carbocycles. The van der Waals surface area contributed by atoms with Gasteiger partial charge in [-0.2, -0.15) is 0 Å². The van der Waals surface area contributed by atoms with Crippen molar-refractivity contribution in [1.29, 1.82) is 0 Å². The van der Waals surface area contributed by atoms with Gasteiger partial charge in [0.2, 0.25) is 5.91 Å². The summed E-state index contributed by atoms with van der Waals surface area (Å²) < 4.78 is 23.1. The van der Waals surface area contributed by atoms with E-state index in [1.165, 1.54) is 11.1 Å². The van der Waals surface area contributed by atoms with Gasteiger partial charge in [-0.15, -0.1) is 0 Å². The molecule has 0 atom stereocenters. The molecule has 2 bridgehead atoms. The number of rotatable bonds is 11. The third kappa shape index (κ3) is 7.84. The molecular formula is C43H58N4O6. The van der Waals surface area contributed by atoms with E-state index in [2.05, 4.69) is 52.8 Å². The highest BCUT2D eigenvalue weighted by Gasteiger charge is 2.51. The number of anilines is 1. The number of aromatic nitrogens is 2. The van der Waals surface area contributed by atoms with Crippen molar-refractivity contribution in [2.75, 3.05) is 38.3 Å². The minimum absolute atomic E-state index is 0.0343. The second-order valence-corrected chi connectivity index (χ2v) is 17.3. The van der Waals surface area contributed by atoms with Crippen LogP contribution < -0.4 is 9.64 Å². The summed E-state index contributed by atoms with van der Waals surface area (Å²) in [7, 11) is 1.73. The highest BCUT2D eigenvalue weighted by Crippen LogP contribution is 2.58. The second kappa shape index (κ2) is 15.1. The molecule has 0 radical (unpaired) electrons. The van der Waals surface area contributed by atoms with Crippen LogP contribution in [0, 0.1) is 18.3 Å². The highest BCUT2D eigenvalue weighted by atomic mass is 16.6. The Balaban J connectivity index is 1.06. The quantitative estimate of drug-likeness (QED) is 0.193. The molecule has 3 aromatic rings. The van der Waals surface area contributed by atoms with Crippen LogP contribution in [-0.2, 0) is 25.1 Å². The third-order valence-electron chi connectivity index (χ3n) is 12.6. The van der Waals surface area contributed by atoms with Crippen LogP contribution in [0.15, 0.2) is 47.2 Å². The van der Waals surface area contributed by atoms with E-state index >= 15 is 0 Å². The Morgan fingerprint density at radius 2 is 1.70 bits per heavy atom. The molecule has 1 aromatic carbocycles. The average molecular weight is 727 g/mol. The van der Waals surface area contributed by atoms with E-state index in [-0.39, 0.29) is 46.4 Å². The first-order valence-electron chi connectivity index (χ1n) is 19.9. The van der Waals surface area contributed by atoms with Gasteiger partial charge in [0.1, 0.15) is 29.6 Å². The molecule has 53 heavy (non-hydrogen) atoms. The van der Waals surface area contributed by atoms with Crippen molar-refractivity contribution >= 4 is 17.8 Å². The van der Waals surface area contributed by atoms with Crippen LogP contribution >= 0.6 is 0 Å². The normalized spacial score (nSPS) is 25.9. The first-order valence-corrected chi connectivity index (χ1v) is 19.9. The largest absolute Gasteiger partial charge is 0.496 e. The van der Waals surface area contributed by atoms with Crippen LogP contribution in [0.3, 0.4) is 0 Å². The van der Waals surface area contributed by atoms with Crippen LogP contribution in [0.4, 0.5) is 10.6 Å². The Hall–Kier alpha value is -3.92. The molecule has 3 heterocycles. The van der Waals surface area contributed by atoms with E-state index in [4.69, 9.17) is 28.6 Å². The first kappa shape index (κ1) is 37.4. The number of nitrogens with zero attached hydrogens (tertiary/aromatic N) is 4. The van der Waals surface area contributed by atoms with Gasteiger partial charge in [-0.1, -0.05) is 39.8 Å². The minimum atomic E-state index is -0.268. The molecule has 1 aliphatic heterocycles. The van der Waals surface area contributed by atoms with Crippen molar-refractivity contribution in [3.8, 4) is 17.0 Å². The molecule has 10 nitrogen and oxygen atoms in total. The van der Waals surface area contributed by atoms with Crippen molar-refractivity contribution in [1.82, 2.24) is 14.9 Å². The second-order valence-electron chi connectivity index (χ2n) is 17.3. The highest BCUT2D eigenvalue weighted by molar-refractivity contribution is 5.95. The lowest BCUT2D eigenvalue weighted by atomic mass is 9.51. The number of likely N-dealkylation sites (tertiary alicyclic amines) is 1. The fraction of sp³-hybridized carbons (Fsp3) is 0.628. The number of hydrogen-bond acceptors (Lipinski definition) is 8. The molecule has 5 aliphatic rings. The number of fused-ring (bicyclic) bond motifs is 3. The van der Waals surface area contributed by atoms with E-state index in [0.29, 0.717) is 63.6 Å². The summed E-state index contributed by atoms with van der Waals surface area (Å²) in [5, 5.41) is 0. The van der Waals surface area contributed by atoms with Gasteiger partial charge in [0.25, 0.3) is 0 Å². The number of ether oxygens (including phenoxy) is 3. The van der Waals surface area contributed by atoms with Gasteiger partial charge < -0.3 is 23.5 Å². The Kier molecular flexibility index (Phi) is 10.6. The van der Waals surface area contributed by atoms with Gasteiger partial charge in [0, 0.05) is 36.2 Å².